The molecule has 0 aromatic heterocycles. The minimum Gasteiger partial charge on any atom is -0.336 e. The molecule has 1 amide bonds. The summed E-state index contributed by atoms with van der Waals surface area (Å²) < 4.78 is 0. The van der Waals surface area contributed by atoms with Gasteiger partial charge in [-0.15, -0.1) is 0 Å². The average molecular weight is 290 g/mol. The standard InChI is InChI=1S/C14H18N4O3/c19-14(11-1-3-12(4-2-11)18(20)21)17-7-5-16(6-8-17)13-9-15-10-13/h1-4,13,15H,5-10H2. The van der Waals surface area contributed by atoms with Crippen molar-refractivity contribution in [2.45, 2.75) is 6.04 Å². The quantitative estimate of drug-likeness (QED) is 0.641. The van der Waals surface area contributed by atoms with E-state index in [4.69, 9.17) is 0 Å². The number of benzene rings is 1. The van der Waals surface area contributed by atoms with Crippen LogP contribution in [0.1, 0.15) is 10.4 Å². The van der Waals surface area contributed by atoms with Crippen LogP contribution in [0.15, 0.2) is 24.3 Å². The van der Waals surface area contributed by atoms with Crippen molar-refractivity contribution < 1.29 is 9.72 Å². The fourth-order valence-corrected chi connectivity index (χ4v) is 2.73. The minimum atomic E-state index is -0.459. The van der Waals surface area contributed by atoms with Gasteiger partial charge >= 0.3 is 0 Å². The highest BCUT2D eigenvalue weighted by atomic mass is 16.6. The first-order chi connectivity index (χ1) is 10.1. The lowest BCUT2D eigenvalue weighted by Crippen LogP contribution is -2.62. The number of hydrogen-bond donors (Lipinski definition) is 1. The second-order valence-electron chi connectivity index (χ2n) is 5.44. The summed E-state index contributed by atoms with van der Waals surface area (Å²) in [4.78, 5) is 26.8. The van der Waals surface area contributed by atoms with E-state index < -0.39 is 4.92 Å². The van der Waals surface area contributed by atoms with Gasteiger partial charge in [0, 0.05) is 63.0 Å². The van der Waals surface area contributed by atoms with Crippen LogP contribution in [0.25, 0.3) is 0 Å². The molecular weight excluding hydrogens is 272 g/mol. The van der Waals surface area contributed by atoms with Crippen LogP contribution in [0.4, 0.5) is 5.69 Å². The zero-order valence-electron chi connectivity index (χ0n) is 11.7. The molecule has 7 heteroatoms. The van der Waals surface area contributed by atoms with Crippen molar-refractivity contribution in [1.29, 1.82) is 0 Å². The Bertz CT molecular complexity index is 534. The molecule has 0 bridgehead atoms. The predicted molar refractivity (Wildman–Crippen MR) is 77.2 cm³/mol. The lowest BCUT2D eigenvalue weighted by atomic mass is 10.1. The highest BCUT2D eigenvalue weighted by molar-refractivity contribution is 5.94. The third-order valence-corrected chi connectivity index (χ3v) is 4.20. The van der Waals surface area contributed by atoms with Crippen LogP contribution in [0.3, 0.4) is 0 Å². The molecule has 2 aliphatic rings. The molecule has 0 radical (unpaired) electrons. The van der Waals surface area contributed by atoms with Gasteiger partial charge in [0.25, 0.3) is 11.6 Å². The van der Waals surface area contributed by atoms with Gasteiger partial charge in [0.2, 0.25) is 0 Å². The van der Waals surface area contributed by atoms with Crippen LogP contribution in [0, 0.1) is 10.1 Å². The summed E-state index contributed by atoms with van der Waals surface area (Å²) in [5.41, 5.74) is 0.521. The number of carbonyl (C=O) groups is 1. The van der Waals surface area contributed by atoms with Crippen LogP contribution in [0.5, 0.6) is 0 Å². The van der Waals surface area contributed by atoms with E-state index in [-0.39, 0.29) is 11.6 Å². The Kier molecular flexibility index (Phi) is 3.85. The van der Waals surface area contributed by atoms with Crippen molar-refractivity contribution in [3.8, 4) is 0 Å². The van der Waals surface area contributed by atoms with E-state index in [9.17, 15) is 14.9 Å². The van der Waals surface area contributed by atoms with Gasteiger partial charge in [-0.2, -0.15) is 0 Å². The molecule has 0 spiro atoms. The highest BCUT2D eigenvalue weighted by Crippen LogP contribution is 2.16. The number of hydrogen-bond acceptors (Lipinski definition) is 5. The molecule has 0 aliphatic carbocycles. The summed E-state index contributed by atoms with van der Waals surface area (Å²) in [7, 11) is 0. The zero-order valence-corrected chi connectivity index (χ0v) is 11.7. The lowest BCUT2D eigenvalue weighted by molar-refractivity contribution is -0.384. The molecule has 1 aromatic carbocycles. The Labute approximate surface area is 122 Å². The van der Waals surface area contributed by atoms with Gasteiger partial charge in [-0.1, -0.05) is 0 Å². The van der Waals surface area contributed by atoms with Gasteiger partial charge in [-0.25, -0.2) is 0 Å². The Morgan fingerprint density at radius 1 is 1.14 bits per heavy atom. The normalized spacial score (nSPS) is 20.1. The summed E-state index contributed by atoms with van der Waals surface area (Å²) in [6.07, 6.45) is 0. The predicted octanol–water partition coefficient (Wildman–Crippen LogP) is 0.324. The molecule has 1 N–H and O–H groups in total. The van der Waals surface area contributed by atoms with E-state index in [1.165, 1.54) is 24.3 Å². The van der Waals surface area contributed by atoms with Gasteiger partial charge in [-0.05, 0) is 12.1 Å². The number of nitrogens with one attached hydrogen (secondary N) is 1. The van der Waals surface area contributed by atoms with Gasteiger partial charge in [0.15, 0.2) is 0 Å². The van der Waals surface area contributed by atoms with Crippen molar-refractivity contribution in [3.63, 3.8) is 0 Å². The summed E-state index contributed by atoms with van der Waals surface area (Å²) in [6, 6.07) is 6.43. The molecule has 0 atom stereocenters. The summed E-state index contributed by atoms with van der Waals surface area (Å²) in [5, 5.41) is 13.9. The minimum absolute atomic E-state index is 0.00820. The van der Waals surface area contributed by atoms with E-state index in [1.807, 2.05) is 4.90 Å². The van der Waals surface area contributed by atoms with E-state index in [0.29, 0.717) is 24.7 Å². The molecule has 0 saturated carbocycles. The molecule has 112 valence electrons. The van der Waals surface area contributed by atoms with Crippen molar-refractivity contribution in [2.75, 3.05) is 39.3 Å². The first-order valence-corrected chi connectivity index (χ1v) is 7.13. The Hall–Kier alpha value is -1.99. The number of piperazine rings is 1. The maximum Gasteiger partial charge on any atom is 0.269 e. The third kappa shape index (κ3) is 2.88. The maximum absolute atomic E-state index is 12.4. The fraction of sp³-hybridized carbons (Fsp3) is 0.500. The average Bonchev–Trinajstić information content (AvgIpc) is 2.46. The first-order valence-electron chi connectivity index (χ1n) is 7.13. The number of nitro groups is 1. The van der Waals surface area contributed by atoms with Crippen molar-refractivity contribution in [2.24, 2.45) is 0 Å². The summed E-state index contributed by atoms with van der Waals surface area (Å²) >= 11 is 0. The third-order valence-electron chi connectivity index (χ3n) is 4.20. The topological polar surface area (TPSA) is 78.7 Å². The SMILES string of the molecule is O=C(c1ccc([N+](=O)[O-])cc1)N1CCN(C2CNC2)CC1. The Morgan fingerprint density at radius 3 is 2.24 bits per heavy atom. The highest BCUT2D eigenvalue weighted by Gasteiger charge is 2.29. The zero-order chi connectivity index (χ0) is 14.8. The van der Waals surface area contributed by atoms with Crippen LogP contribution in [0.2, 0.25) is 0 Å². The van der Waals surface area contributed by atoms with Crippen molar-refractivity contribution in [3.05, 3.63) is 39.9 Å². The second-order valence-corrected chi connectivity index (χ2v) is 5.44. The molecule has 2 fully saturated rings. The fourth-order valence-electron chi connectivity index (χ4n) is 2.73. The molecule has 7 nitrogen and oxygen atoms in total. The number of amides is 1. The number of nitro benzene ring substituents is 1. The van der Waals surface area contributed by atoms with E-state index in [0.717, 1.165) is 26.2 Å². The number of nitrogens with zero attached hydrogens (tertiary/aromatic N) is 3. The summed E-state index contributed by atoms with van der Waals surface area (Å²) in [6.45, 7) is 5.29. The lowest BCUT2D eigenvalue weighted by Gasteiger charge is -2.43. The maximum atomic E-state index is 12.4. The van der Waals surface area contributed by atoms with Gasteiger partial charge in [0.1, 0.15) is 0 Å². The van der Waals surface area contributed by atoms with Crippen molar-refractivity contribution in [1.82, 2.24) is 15.1 Å². The monoisotopic (exact) mass is 290 g/mol. The molecule has 2 heterocycles. The Balaban J connectivity index is 1.59. The smallest absolute Gasteiger partial charge is 0.269 e. The number of carbonyl (C=O) groups excluding carboxylic acids is 1. The second kappa shape index (κ2) is 5.79. The molecule has 0 unspecified atom stereocenters. The largest absolute Gasteiger partial charge is 0.336 e. The van der Waals surface area contributed by atoms with Crippen molar-refractivity contribution >= 4 is 11.6 Å². The van der Waals surface area contributed by atoms with Gasteiger partial charge in [-0.3, -0.25) is 19.8 Å². The van der Waals surface area contributed by atoms with Crippen LogP contribution in [-0.2, 0) is 0 Å². The molecule has 2 saturated heterocycles. The molecule has 21 heavy (non-hydrogen) atoms. The molecule has 3 rings (SSSR count). The van der Waals surface area contributed by atoms with Crippen LogP contribution < -0.4 is 5.32 Å². The summed E-state index contributed by atoms with van der Waals surface area (Å²) in [5.74, 6) is -0.0451. The number of non-ortho nitro benzene ring substituents is 1. The molecule has 1 aromatic rings. The van der Waals surface area contributed by atoms with E-state index in [2.05, 4.69) is 10.2 Å². The Morgan fingerprint density at radius 2 is 1.76 bits per heavy atom. The van der Waals surface area contributed by atoms with E-state index >= 15 is 0 Å². The van der Waals surface area contributed by atoms with Crippen LogP contribution in [-0.4, -0.2) is 65.9 Å². The van der Waals surface area contributed by atoms with Gasteiger partial charge < -0.3 is 10.2 Å². The van der Waals surface area contributed by atoms with E-state index in [1.54, 1.807) is 0 Å². The van der Waals surface area contributed by atoms with Gasteiger partial charge in [0.05, 0.1) is 4.92 Å². The van der Waals surface area contributed by atoms with Crippen LogP contribution >= 0.6 is 0 Å². The molecular formula is C14H18N4O3. The first kappa shape index (κ1) is 14.0. The number of rotatable bonds is 3. The molecule has 2 aliphatic heterocycles.